The first-order chi connectivity index (χ1) is 5.47. The number of aromatic nitrogens is 4. The predicted octanol–water partition coefficient (Wildman–Crippen LogP) is 0.867. The average molecular weight is 146 g/mol. The first kappa shape index (κ1) is 6.03. The second-order valence-corrected chi connectivity index (χ2v) is 2.05. The van der Waals surface area contributed by atoms with Crippen LogP contribution in [0, 0.1) is 0 Å². The van der Waals surface area contributed by atoms with Gasteiger partial charge in [-0.3, -0.25) is 0 Å². The largest absolute Gasteiger partial charge is 0.343 e. The van der Waals surface area contributed by atoms with Crippen LogP contribution >= 0.6 is 0 Å². The van der Waals surface area contributed by atoms with Crippen molar-refractivity contribution in [1.82, 2.24) is 20.2 Å². The molecule has 0 radical (unpaired) electrons. The molecule has 0 aliphatic carbocycles. The van der Waals surface area contributed by atoms with E-state index in [9.17, 15) is 0 Å². The van der Waals surface area contributed by atoms with Crippen molar-refractivity contribution in [2.45, 2.75) is 0 Å². The first-order valence-electron chi connectivity index (χ1n) is 3.24. The topological polar surface area (TPSA) is 54.5 Å². The molecule has 0 amide bonds. The van der Waals surface area contributed by atoms with Crippen LogP contribution in [-0.2, 0) is 0 Å². The Morgan fingerprint density at radius 2 is 2.27 bits per heavy atom. The lowest BCUT2D eigenvalue weighted by atomic mass is 10.4. The molecule has 4 nitrogen and oxygen atoms in total. The molecule has 0 saturated heterocycles. The van der Waals surface area contributed by atoms with Crippen molar-refractivity contribution in [3.63, 3.8) is 0 Å². The molecule has 2 aromatic rings. The van der Waals surface area contributed by atoms with Crippen LogP contribution in [0.15, 0.2) is 30.7 Å². The predicted molar refractivity (Wildman–Crippen MR) is 39.6 cm³/mol. The van der Waals surface area contributed by atoms with Crippen LogP contribution in [0.1, 0.15) is 0 Å². The van der Waals surface area contributed by atoms with Gasteiger partial charge in [-0.05, 0) is 12.1 Å². The highest BCUT2D eigenvalue weighted by molar-refractivity contribution is 5.46. The number of H-pyrrole nitrogens is 1. The molecule has 2 rings (SSSR count). The summed E-state index contributed by atoms with van der Waals surface area (Å²) in [6, 6.07) is 3.68. The molecule has 0 aromatic carbocycles. The lowest BCUT2D eigenvalue weighted by Crippen LogP contribution is -1.86. The molecule has 0 aliphatic rings. The quantitative estimate of drug-likeness (QED) is 0.649. The van der Waals surface area contributed by atoms with Gasteiger partial charge < -0.3 is 4.98 Å². The van der Waals surface area contributed by atoms with Gasteiger partial charge in [-0.1, -0.05) is 0 Å². The van der Waals surface area contributed by atoms with Crippen LogP contribution < -0.4 is 0 Å². The Balaban J connectivity index is 2.46. The number of imidazole rings is 1. The molecular formula is C7H6N4. The minimum atomic E-state index is 0.748. The molecule has 0 atom stereocenters. The van der Waals surface area contributed by atoms with Crippen molar-refractivity contribution in [3.8, 4) is 11.5 Å². The van der Waals surface area contributed by atoms with Crippen molar-refractivity contribution in [3.05, 3.63) is 30.7 Å². The Labute approximate surface area is 63.3 Å². The molecule has 2 aromatic heterocycles. The van der Waals surface area contributed by atoms with E-state index in [0.717, 1.165) is 11.5 Å². The normalized spacial score (nSPS) is 9.82. The molecule has 0 saturated carbocycles. The van der Waals surface area contributed by atoms with Gasteiger partial charge in [0, 0.05) is 18.6 Å². The fourth-order valence-electron chi connectivity index (χ4n) is 0.833. The Morgan fingerprint density at radius 3 is 2.91 bits per heavy atom. The Kier molecular flexibility index (Phi) is 1.37. The second-order valence-electron chi connectivity index (χ2n) is 2.05. The molecular weight excluding hydrogens is 140 g/mol. The fourth-order valence-corrected chi connectivity index (χ4v) is 0.833. The van der Waals surface area contributed by atoms with E-state index in [-0.39, 0.29) is 0 Å². The summed E-state index contributed by atoms with van der Waals surface area (Å²) < 4.78 is 0. The highest BCUT2D eigenvalue weighted by Gasteiger charge is 1.97. The SMILES string of the molecule is c1cnnc(-c2ncc[nH]2)c1. The van der Waals surface area contributed by atoms with Crippen LogP contribution in [-0.4, -0.2) is 20.2 Å². The van der Waals surface area contributed by atoms with E-state index < -0.39 is 0 Å². The van der Waals surface area contributed by atoms with Gasteiger partial charge in [0.15, 0.2) is 5.82 Å². The number of rotatable bonds is 1. The van der Waals surface area contributed by atoms with Crippen LogP contribution in [0.2, 0.25) is 0 Å². The average Bonchev–Trinajstić information content (AvgIpc) is 2.58. The number of nitrogens with zero attached hydrogens (tertiary/aromatic N) is 3. The van der Waals surface area contributed by atoms with E-state index in [1.807, 2.05) is 12.1 Å². The number of nitrogens with one attached hydrogen (secondary N) is 1. The molecule has 0 unspecified atom stereocenters. The van der Waals surface area contributed by atoms with Gasteiger partial charge >= 0.3 is 0 Å². The van der Waals surface area contributed by atoms with Crippen molar-refractivity contribution >= 4 is 0 Å². The zero-order valence-corrected chi connectivity index (χ0v) is 5.73. The summed E-state index contributed by atoms with van der Waals surface area (Å²) in [5, 5.41) is 7.61. The van der Waals surface area contributed by atoms with E-state index in [4.69, 9.17) is 0 Å². The molecule has 0 spiro atoms. The van der Waals surface area contributed by atoms with Crippen molar-refractivity contribution in [2.75, 3.05) is 0 Å². The molecule has 0 fully saturated rings. The van der Waals surface area contributed by atoms with Crippen LogP contribution in [0.5, 0.6) is 0 Å². The maximum atomic E-state index is 4.03. The summed E-state index contributed by atoms with van der Waals surface area (Å²) in [6.45, 7) is 0. The highest BCUT2D eigenvalue weighted by atomic mass is 15.1. The van der Waals surface area contributed by atoms with Gasteiger partial charge in [0.2, 0.25) is 0 Å². The van der Waals surface area contributed by atoms with Gasteiger partial charge in [-0.25, -0.2) is 4.98 Å². The van der Waals surface area contributed by atoms with Gasteiger partial charge in [-0.15, -0.1) is 5.10 Å². The summed E-state index contributed by atoms with van der Waals surface area (Å²) in [5.41, 5.74) is 0.762. The van der Waals surface area contributed by atoms with E-state index in [1.54, 1.807) is 18.6 Å². The fraction of sp³-hybridized carbons (Fsp3) is 0. The lowest BCUT2D eigenvalue weighted by molar-refractivity contribution is 1.02. The summed E-state index contributed by atoms with van der Waals surface area (Å²) in [5.74, 6) is 0.748. The summed E-state index contributed by atoms with van der Waals surface area (Å²) in [6.07, 6.45) is 5.07. The number of hydrogen-bond donors (Lipinski definition) is 1. The monoisotopic (exact) mass is 146 g/mol. The Morgan fingerprint density at radius 1 is 1.27 bits per heavy atom. The molecule has 2 heterocycles. The first-order valence-corrected chi connectivity index (χ1v) is 3.24. The van der Waals surface area contributed by atoms with Crippen LogP contribution in [0.4, 0.5) is 0 Å². The van der Waals surface area contributed by atoms with E-state index in [0.29, 0.717) is 0 Å². The zero-order valence-electron chi connectivity index (χ0n) is 5.73. The van der Waals surface area contributed by atoms with Gasteiger partial charge in [-0.2, -0.15) is 5.10 Å². The molecule has 11 heavy (non-hydrogen) atoms. The molecule has 0 aliphatic heterocycles. The third-order valence-electron chi connectivity index (χ3n) is 1.31. The van der Waals surface area contributed by atoms with Crippen molar-refractivity contribution in [1.29, 1.82) is 0 Å². The van der Waals surface area contributed by atoms with E-state index in [2.05, 4.69) is 20.2 Å². The van der Waals surface area contributed by atoms with Crippen molar-refractivity contribution in [2.24, 2.45) is 0 Å². The van der Waals surface area contributed by atoms with Crippen LogP contribution in [0.25, 0.3) is 11.5 Å². The van der Waals surface area contributed by atoms with Gasteiger partial charge in [0.25, 0.3) is 0 Å². The maximum Gasteiger partial charge on any atom is 0.157 e. The second kappa shape index (κ2) is 2.49. The smallest absolute Gasteiger partial charge is 0.157 e. The lowest BCUT2D eigenvalue weighted by Gasteiger charge is -1.90. The minimum Gasteiger partial charge on any atom is -0.343 e. The van der Waals surface area contributed by atoms with Gasteiger partial charge in [0.05, 0.1) is 0 Å². The standard InChI is InChI=1S/C7H6N4/c1-2-6(11-10-3-1)7-8-4-5-9-7/h1-5H,(H,8,9). The summed E-state index contributed by atoms with van der Waals surface area (Å²) >= 11 is 0. The molecule has 4 heteroatoms. The van der Waals surface area contributed by atoms with E-state index in [1.165, 1.54) is 0 Å². The van der Waals surface area contributed by atoms with Crippen molar-refractivity contribution < 1.29 is 0 Å². The Hall–Kier alpha value is -1.71. The molecule has 0 bridgehead atoms. The molecule has 54 valence electrons. The number of hydrogen-bond acceptors (Lipinski definition) is 3. The van der Waals surface area contributed by atoms with Crippen LogP contribution in [0.3, 0.4) is 0 Å². The zero-order chi connectivity index (χ0) is 7.52. The summed E-state index contributed by atoms with van der Waals surface area (Å²) in [4.78, 5) is 6.97. The van der Waals surface area contributed by atoms with E-state index >= 15 is 0 Å². The van der Waals surface area contributed by atoms with Gasteiger partial charge in [0.1, 0.15) is 5.69 Å². The summed E-state index contributed by atoms with van der Waals surface area (Å²) in [7, 11) is 0. The minimum absolute atomic E-state index is 0.748. The third kappa shape index (κ3) is 1.10. The highest BCUT2D eigenvalue weighted by Crippen LogP contribution is 2.06. The molecule has 1 N–H and O–H groups in total. The third-order valence-corrected chi connectivity index (χ3v) is 1.31. The number of aromatic amines is 1. The Bertz CT molecular complexity index is 313. The maximum absolute atomic E-state index is 4.03.